The standard InChI is InChI=1S/C24H29N5OS.C8H18N2O2/c1-2-3-17-15-26-23(27-16-17)29-12-8-20(9-13-29)30-24-28-21-5-4-19(14-22(21)31-24)18-6-10-25-11-7-18;1-8(2,4-5-10-3)12-7(11)6-9/h4-6,14-16,20,25H,2-3,7-13H2,1H3;10H,4-6,9H2,1-3H3. The molecule has 0 saturated carbocycles. The smallest absolute Gasteiger partial charge is 0.320 e. The number of nitrogens with zero attached hydrogens (tertiary/aromatic N) is 4. The molecule has 0 unspecified atom stereocenters. The van der Waals surface area contributed by atoms with Crippen LogP contribution < -0.4 is 26.0 Å². The number of carbonyl (C=O) groups is 1. The molecule has 2 aliphatic rings. The van der Waals surface area contributed by atoms with Gasteiger partial charge in [-0.25, -0.2) is 15.0 Å². The van der Waals surface area contributed by atoms with Crippen LogP contribution in [0.5, 0.6) is 5.19 Å². The Balaban J connectivity index is 0.000000301. The summed E-state index contributed by atoms with van der Waals surface area (Å²) in [5, 5.41) is 7.15. The molecule has 2 aliphatic heterocycles. The number of anilines is 1. The Labute approximate surface area is 259 Å². The second-order valence-electron chi connectivity index (χ2n) is 11.6. The number of carbonyl (C=O) groups excluding carboxylic acids is 1. The lowest BCUT2D eigenvalue weighted by Crippen LogP contribution is -2.39. The van der Waals surface area contributed by atoms with Gasteiger partial charge in [-0.15, -0.1) is 0 Å². The summed E-state index contributed by atoms with van der Waals surface area (Å²) in [6.45, 7) is 10.5. The average molecular weight is 610 g/mol. The molecule has 0 amide bonds. The van der Waals surface area contributed by atoms with Crippen LogP contribution in [0.25, 0.3) is 15.8 Å². The molecule has 1 aromatic carbocycles. The van der Waals surface area contributed by atoms with Crippen LogP contribution in [0, 0.1) is 0 Å². The van der Waals surface area contributed by atoms with Gasteiger partial charge in [-0.2, -0.15) is 0 Å². The summed E-state index contributed by atoms with van der Waals surface area (Å²) >= 11 is 1.66. The molecule has 0 aliphatic carbocycles. The molecule has 10 nitrogen and oxygen atoms in total. The first-order valence-electron chi connectivity index (χ1n) is 15.4. The van der Waals surface area contributed by atoms with Gasteiger partial charge >= 0.3 is 5.97 Å². The van der Waals surface area contributed by atoms with E-state index in [1.165, 1.54) is 21.4 Å². The topological polar surface area (TPSA) is 128 Å². The van der Waals surface area contributed by atoms with Crippen molar-refractivity contribution in [2.75, 3.05) is 51.2 Å². The van der Waals surface area contributed by atoms with Crippen LogP contribution in [0.2, 0.25) is 0 Å². The minimum Gasteiger partial charge on any atom is -0.467 e. The maximum atomic E-state index is 10.8. The van der Waals surface area contributed by atoms with Crippen molar-refractivity contribution in [3.05, 3.63) is 47.8 Å². The minimum atomic E-state index is -0.417. The zero-order valence-corrected chi connectivity index (χ0v) is 26.8. The molecule has 4 N–H and O–H groups in total. The summed E-state index contributed by atoms with van der Waals surface area (Å²) in [4.78, 5) is 26.9. The van der Waals surface area contributed by atoms with Crippen molar-refractivity contribution >= 4 is 39.0 Å². The Kier molecular flexibility index (Phi) is 12.3. The van der Waals surface area contributed by atoms with E-state index in [0.29, 0.717) is 0 Å². The van der Waals surface area contributed by atoms with Crippen LogP contribution >= 0.6 is 11.3 Å². The Morgan fingerprint density at radius 3 is 2.65 bits per heavy atom. The van der Waals surface area contributed by atoms with Crippen LogP contribution in [0.4, 0.5) is 5.95 Å². The Morgan fingerprint density at radius 2 is 2.00 bits per heavy atom. The number of piperidine rings is 1. The van der Waals surface area contributed by atoms with E-state index in [1.54, 1.807) is 11.3 Å². The fraction of sp³-hybridized carbons (Fsp3) is 0.562. The van der Waals surface area contributed by atoms with Gasteiger partial charge in [0.15, 0.2) is 0 Å². The van der Waals surface area contributed by atoms with E-state index in [-0.39, 0.29) is 18.6 Å². The number of hydrogen-bond acceptors (Lipinski definition) is 11. The molecule has 11 heteroatoms. The summed E-state index contributed by atoms with van der Waals surface area (Å²) in [7, 11) is 1.86. The van der Waals surface area contributed by atoms with Crippen LogP contribution in [-0.4, -0.2) is 78.9 Å². The molecule has 1 saturated heterocycles. The van der Waals surface area contributed by atoms with Gasteiger partial charge in [0.1, 0.15) is 11.7 Å². The number of aryl methyl sites for hydroxylation is 1. The highest BCUT2D eigenvalue weighted by molar-refractivity contribution is 7.20. The number of thiazole rings is 1. The van der Waals surface area contributed by atoms with E-state index >= 15 is 0 Å². The fourth-order valence-electron chi connectivity index (χ4n) is 5.11. The monoisotopic (exact) mass is 609 g/mol. The lowest BCUT2D eigenvalue weighted by Gasteiger charge is -2.31. The summed E-state index contributed by atoms with van der Waals surface area (Å²) in [6.07, 6.45) is 12.4. The second kappa shape index (κ2) is 16.1. The van der Waals surface area contributed by atoms with Gasteiger partial charge in [-0.1, -0.05) is 36.8 Å². The number of hydrogen-bond donors (Lipinski definition) is 3. The SMILES string of the molecule is CCCc1cnc(N2CCC(Oc3nc4ccc(C5=CCNCC5)cc4s3)CC2)nc1.CNCCC(C)(C)OC(=O)CN. The summed E-state index contributed by atoms with van der Waals surface area (Å²) < 4.78 is 12.6. The van der Waals surface area contributed by atoms with E-state index in [9.17, 15) is 4.79 Å². The molecule has 4 heterocycles. The Hall–Kier alpha value is -3.12. The predicted molar refractivity (Wildman–Crippen MR) is 175 cm³/mol. The van der Waals surface area contributed by atoms with Crippen molar-refractivity contribution in [1.82, 2.24) is 25.6 Å². The number of nitrogens with one attached hydrogen (secondary N) is 2. The molecule has 2 aromatic heterocycles. The highest BCUT2D eigenvalue weighted by Gasteiger charge is 2.24. The van der Waals surface area contributed by atoms with E-state index in [4.69, 9.17) is 20.2 Å². The minimum absolute atomic E-state index is 0.0526. The third-order valence-corrected chi connectivity index (χ3v) is 8.47. The van der Waals surface area contributed by atoms with Gasteiger partial charge in [0.2, 0.25) is 5.95 Å². The molecular weight excluding hydrogens is 562 g/mol. The van der Waals surface area contributed by atoms with Gasteiger partial charge in [0.25, 0.3) is 5.19 Å². The maximum Gasteiger partial charge on any atom is 0.320 e. The van der Waals surface area contributed by atoms with Crippen molar-refractivity contribution < 1.29 is 14.3 Å². The van der Waals surface area contributed by atoms with Crippen LogP contribution in [-0.2, 0) is 16.0 Å². The molecule has 0 radical (unpaired) electrons. The van der Waals surface area contributed by atoms with Crippen molar-refractivity contribution in [2.45, 2.75) is 71.0 Å². The van der Waals surface area contributed by atoms with Crippen LogP contribution in [0.1, 0.15) is 64.0 Å². The molecule has 5 rings (SSSR count). The van der Waals surface area contributed by atoms with Crippen molar-refractivity contribution in [1.29, 1.82) is 0 Å². The highest BCUT2D eigenvalue weighted by Crippen LogP contribution is 2.33. The maximum absolute atomic E-state index is 10.8. The van der Waals surface area contributed by atoms with Gasteiger partial charge in [-0.05, 0) is 82.1 Å². The highest BCUT2D eigenvalue weighted by atomic mass is 32.1. The van der Waals surface area contributed by atoms with Gasteiger partial charge < -0.3 is 30.7 Å². The van der Waals surface area contributed by atoms with Crippen LogP contribution in [0.3, 0.4) is 0 Å². The number of nitrogens with two attached hydrogens (primary N) is 1. The van der Waals surface area contributed by atoms with E-state index < -0.39 is 5.60 Å². The number of aromatic nitrogens is 3. The first-order valence-corrected chi connectivity index (χ1v) is 16.2. The molecular formula is C32H47N7O3S. The largest absolute Gasteiger partial charge is 0.467 e. The molecule has 0 spiro atoms. The number of esters is 1. The second-order valence-corrected chi connectivity index (χ2v) is 12.6. The number of benzene rings is 1. The third-order valence-electron chi connectivity index (χ3n) is 7.56. The summed E-state index contributed by atoms with van der Waals surface area (Å²) in [6, 6.07) is 6.57. The summed E-state index contributed by atoms with van der Waals surface area (Å²) in [5.74, 6) is 0.481. The van der Waals surface area contributed by atoms with Crippen molar-refractivity contribution in [2.24, 2.45) is 5.73 Å². The van der Waals surface area contributed by atoms with Crippen LogP contribution in [0.15, 0.2) is 36.7 Å². The van der Waals surface area contributed by atoms with Gasteiger partial charge in [0, 0.05) is 44.9 Å². The van der Waals surface area contributed by atoms with E-state index in [1.807, 2.05) is 33.3 Å². The zero-order chi connectivity index (χ0) is 30.7. The molecule has 43 heavy (non-hydrogen) atoms. The summed E-state index contributed by atoms with van der Waals surface area (Å²) in [5.41, 5.74) is 9.67. The normalized spacial score (nSPS) is 15.9. The third kappa shape index (κ3) is 9.96. The molecule has 234 valence electrons. The zero-order valence-electron chi connectivity index (χ0n) is 26.0. The quantitative estimate of drug-likeness (QED) is 0.270. The first kappa shape index (κ1) is 32.8. The first-order chi connectivity index (χ1) is 20.8. The molecule has 0 atom stereocenters. The molecule has 0 bridgehead atoms. The lowest BCUT2D eigenvalue weighted by atomic mass is 10.0. The van der Waals surface area contributed by atoms with Crippen molar-refractivity contribution in [3.63, 3.8) is 0 Å². The molecule has 1 fully saturated rings. The number of fused-ring (bicyclic) bond motifs is 1. The van der Waals surface area contributed by atoms with E-state index in [2.05, 4.69) is 56.7 Å². The van der Waals surface area contributed by atoms with Crippen molar-refractivity contribution in [3.8, 4) is 5.19 Å². The predicted octanol–water partition coefficient (Wildman–Crippen LogP) is 4.34. The Morgan fingerprint density at radius 1 is 1.23 bits per heavy atom. The molecule has 3 aromatic rings. The Bertz CT molecular complexity index is 1330. The number of ether oxygens (including phenoxy) is 2. The lowest BCUT2D eigenvalue weighted by molar-refractivity contribution is -0.155. The van der Waals surface area contributed by atoms with Gasteiger partial charge in [0.05, 0.1) is 16.8 Å². The average Bonchev–Trinajstić information content (AvgIpc) is 3.43. The van der Waals surface area contributed by atoms with Gasteiger partial charge in [-0.3, -0.25) is 4.79 Å². The van der Waals surface area contributed by atoms with E-state index in [0.717, 1.165) is 87.9 Å². The number of rotatable bonds is 11. The fourth-order valence-corrected chi connectivity index (χ4v) is 6.03.